The number of aliphatic hydroxyl groups is 1. The first-order chi connectivity index (χ1) is 12.3. The van der Waals surface area contributed by atoms with Gasteiger partial charge in [-0.25, -0.2) is 0 Å². The van der Waals surface area contributed by atoms with Gasteiger partial charge in [0, 0.05) is 12.8 Å². The third kappa shape index (κ3) is 13.6. The molecule has 0 radical (unpaired) electrons. The Morgan fingerprint density at radius 1 is 1.08 bits per heavy atom. The van der Waals surface area contributed by atoms with Crippen molar-refractivity contribution in [3.63, 3.8) is 0 Å². The summed E-state index contributed by atoms with van der Waals surface area (Å²) in [6.45, 7) is 9.85. The molecule has 0 bridgehead atoms. The van der Waals surface area contributed by atoms with E-state index in [2.05, 4.69) is 19.9 Å². The molecule has 0 aliphatic carbocycles. The molecule has 4 heteroatoms. The van der Waals surface area contributed by atoms with Gasteiger partial charge < -0.3 is 9.84 Å². The fourth-order valence-corrected chi connectivity index (χ4v) is 2.42. The van der Waals surface area contributed by atoms with E-state index in [9.17, 15) is 9.59 Å². The van der Waals surface area contributed by atoms with Gasteiger partial charge in [-0.15, -0.1) is 0 Å². The SMILES string of the molecule is CC(=O)OC/C(=C\CC/C(C)=C\CO)CCCC(C)C(=O)/C=C/C(C)C. The van der Waals surface area contributed by atoms with E-state index in [0.717, 1.165) is 43.3 Å². The number of ketones is 1. The second-order valence-electron chi connectivity index (χ2n) is 7.21. The van der Waals surface area contributed by atoms with Crippen LogP contribution in [0.4, 0.5) is 0 Å². The van der Waals surface area contributed by atoms with Crippen LogP contribution >= 0.6 is 0 Å². The second-order valence-corrected chi connectivity index (χ2v) is 7.21. The molecular weight excluding hydrogens is 328 g/mol. The van der Waals surface area contributed by atoms with Crippen LogP contribution in [0.15, 0.2) is 35.5 Å². The first kappa shape index (κ1) is 24.3. The van der Waals surface area contributed by atoms with Crippen LogP contribution in [0.25, 0.3) is 0 Å². The van der Waals surface area contributed by atoms with Crippen molar-refractivity contribution in [2.45, 2.75) is 66.7 Å². The van der Waals surface area contributed by atoms with E-state index in [-0.39, 0.29) is 24.3 Å². The zero-order valence-electron chi connectivity index (χ0n) is 17.1. The molecule has 148 valence electrons. The van der Waals surface area contributed by atoms with Crippen LogP contribution < -0.4 is 0 Å². The first-order valence-electron chi connectivity index (χ1n) is 9.56. The van der Waals surface area contributed by atoms with Gasteiger partial charge in [-0.2, -0.15) is 0 Å². The Morgan fingerprint density at radius 3 is 2.35 bits per heavy atom. The van der Waals surface area contributed by atoms with Crippen molar-refractivity contribution in [2.75, 3.05) is 13.2 Å². The van der Waals surface area contributed by atoms with Crippen LogP contribution in [0.5, 0.6) is 0 Å². The number of carbonyl (C=O) groups is 2. The summed E-state index contributed by atoms with van der Waals surface area (Å²) in [7, 11) is 0. The van der Waals surface area contributed by atoms with Gasteiger partial charge in [0.1, 0.15) is 6.61 Å². The number of hydrogen-bond acceptors (Lipinski definition) is 4. The van der Waals surface area contributed by atoms with Crippen molar-refractivity contribution in [1.29, 1.82) is 0 Å². The number of hydrogen-bond donors (Lipinski definition) is 1. The Bertz CT molecular complexity index is 512. The molecule has 0 aliphatic heterocycles. The minimum Gasteiger partial charge on any atom is -0.461 e. The Kier molecular flexibility index (Phi) is 13.5. The minimum absolute atomic E-state index is 0.00899. The second kappa shape index (κ2) is 14.5. The molecule has 1 atom stereocenters. The van der Waals surface area contributed by atoms with Gasteiger partial charge >= 0.3 is 5.97 Å². The van der Waals surface area contributed by atoms with E-state index in [4.69, 9.17) is 9.84 Å². The molecule has 1 unspecified atom stereocenters. The smallest absolute Gasteiger partial charge is 0.302 e. The summed E-state index contributed by atoms with van der Waals surface area (Å²) in [6.07, 6.45) is 11.8. The fourth-order valence-electron chi connectivity index (χ4n) is 2.42. The highest BCUT2D eigenvalue weighted by Crippen LogP contribution is 2.16. The number of allylic oxidation sites excluding steroid dienone is 4. The maximum absolute atomic E-state index is 12.0. The lowest BCUT2D eigenvalue weighted by atomic mass is 9.96. The van der Waals surface area contributed by atoms with Crippen LogP contribution in [0.2, 0.25) is 0 Å². The van der Waals surface area contributed by atoms with Crippen molar-refractivity contribution in [1.82, 2.24) is 0 Å². The lowest BCUT2D eigenvalue weighted by molar-refractivity contribution is -0.140. The normalized spacial score (nSPS) is 14.1. The summed E-state index contributed by atoms with van der Waals surface area (Å²) < 4.78 is 5.14. The molecule has 0 amide bonds. The summed E-state index contributed by atoms with van der Waals surface area (Å²) in [5.74, 6) is 0.283. The van der Waals surface area contributed by atoms with E-state index < -0.39 is 0 Å². The van der Waals surface area contributed by atoms with E-state index in [1.807, 2.05) is 19.9 Å². The maximum atomic E-state index is 12.0. The summed E-state index contributed by atoms with van der Waals surface area (Å²) in [4.78, 5) is 23.1. The van der Waals surface area contributed by atoms with Crippen LogP contribution in [-0.4, -0.2) is 30.1 Å². The monoisotopic (exact) mass is 364 g/mol. The highest BCUT2D eigenvalue weighted by atomic mass is 16.5. The third-order valence-electron chi connectivity index (χ3n) is 4.14. The molecule has 0 aromatic carbocycles. The van der Waals surface area contributed by atoms with Gasteiger partial charge in [0.2, 0.25) is 0 Å². The predicted molar refractivity (Wildman–Crippen MR) is 107 cm³/mol. The van der Waals surface area contributed by atoms with E-state index in [0.29, 0.717) is 12.5 Å². The summed E-state index contributed by atoms with van der Waals surface area (Å²) in [6, 6.07) is 0. The highest BCUT2D eigenvalue weighted by molar-refractivity contribution is 5.91. The lowest BCUT2D eigenvalue weighted by Gasteiger charge is -2.11. The average Bonchev–Trinajstić information content (AvgIpc) is 2.56. The van der Waals surface area contributed by atoms with Gasteiger partial charge in [-0.1, -0.05) is 44.6 Å². The average molecular weight is 365 g/mol. The van der Waals surface area contributed by atoms with Crippen molar-refractivity contribution in [3.05, 3.63) is 35.5 Å². The quantitative estimate of drug-likeness (QED) is 0.290. The summed E-state index contributed by atoms with van der Waals surface area (Å²) >= 11 is 0. The molecule has 4 nitrogen and oxygen atoms in total. The molecule has 0 aliphatic rings. The Morgan fingerprint density at radius 2 is 1.77 bits per heavy atom. The number of ether oxygens (including phenoxy) is 1. The van der Waals surface area contributed by atoms with Gasteiger partial charge in [-0.3, -0.25) is 9.59 Å². The zero-order valence-corrected chi connectivity index (χ0v) is 17.1. The van der Waals surface area contributed by atoms with Gasteiger partial charge in [0.25, 0.3) is 0 Å². The molecule has 0 saturated carbocycles. The van der Waals surface area contributed by atoms with Crippen LogP contribution in [0.1, 0.15) is 66.7 Å². The Hall–Kier alpha value is -1.68. The molecule has 0 rings (SSSR count). The topological polar surface area (TPSA) is 63.6 Å². The maximum Gasteiger partial charge on any atom is 0.302 e. The van der Waals surface area contributed by atoms with Gasteiger partial charge in [0.05, 0.1) is 6.61 Å². The summed E-state index contributed by atoms with van der Waals surface area (Å²) in [5, 5.41) is 8.89. The molecule has 0 saturated heterocycles. The molecule has 26 heavy (non-hydrogen) atoms. The summed E-state index contributed by atoms with van der Waals surface area (Å²) in [5.41, 5.74) is 2.24. The molecule has 1 N–H and O–H groups in total. The standard InChI is InChI=1S/C22H36O4/c1-17(2)12-13-22(25)19(4)9-7-11-21(16-26-20(5)24)10-6-8-18(3)14-15-23/h10,12-14,17,19,23H,6-9,11,15-16H2,1-5H3/b13-12+,18-14-,21-10-. The number of esters is 1. The largest absolute Gasteiger partial charge is 0.461 e. The van der Waals surface area contributed by atoms with Crippen molar-refractivity contribution in [3.8, 4) is 0 Å². The fraction of sp³-hybridized carbons (Fsp3) is 0.636. The number of rotatable bonds is 13. The van der Waals surface area contributed by atoms with Crippen molar-refractivity contribution in [2.24, 2.45) is 11.8 Å². The van der Waals surface area contributed by atoms with Crippen LogP contribution in [0.3, 0.4) is 0 Å². The molecule has 0 aromatic heterocycles. The number of carbonyl (C=O) groups excluding carboxylic acids is 2. The molecule has 0 fully saturated rings. The molecule has 0 spiro atoms. The number of aliphatic hydroxyl groups excluding tert-OH is 1. The molecular formula is C22H36O4. The van der Waals surface area contributed by atoms with E-state index in [1.165, 1.54) is 6.92 Å². The van der Waals surface area contributed by atoms with Gasteiger partial charge in [0.15, 0.2) is 5.78 Å². The zero-order chi connectivity index (χ0) is 19.9. The van der Waals surface area contributed by atoms with Gasteiger partial charge in [-0.05, 0) is 56.6 Å². The van der Waals surface area contributed by atoms with Crippen molar-refractivity contribution < 1.29 is 19.4 Å². The van der Waals surface area contributed by atoms with E-state index >= 15 is 0 Å². The Balaban J connectivity index is 4.51. The Labute approximate surface area is 159 Å². The van der Waals surface area contributed by atoms with Crippen molar-refractivity contribution >= 4 is 11.8 Å². The lowest BCUT2D eigenvalue weighted by Crippen LogP contribution is -2.09. The molecule has 0 heterocycles. The van der Waals surface area contributed by atoms with E-state index in [1.54, 1.807) is 12.2 Å². The van der Waals surface area contributed by atoms with Crippen LogP contribution in [-0.2, 0) is 14.3 Å². The minimum atomic E-state index is -0.283. The highest BCUT2D eigenvalue weighted by Gasteiger charge is 2.10. The van der Waals surface area contributed by atoms with Crippen LogP contribution in [0, 0.1) is 11.8 Å². The third-order valence-corrected chi connectivity index (χ3v) is 4.14. The first-order valence-corrected chi connectivity index (χ1v) is 9.56. The predicted octanol–water partition coefficient (Wildman–Crippen LogP) is 4.78. The molecule has 0 aromatic rings.